The van der Waals surface area contributed by atoms with Gasteiger partial charge in [0, 0.05) is 19.6 Å². The minimum Gasteiger partial charge on any atom is -0.481 e. The van der Waals surface area contributed by atoms with Crippen LogP contribution in [0.25, 0.3) is 0 Å². The third-order valence-corrected chi connectivity index (χ3v) is 4.33. The lowest BCUT2D eigenvalue weighted by atomic mass is 9.90. The number of hydrogen-bond acceptors (Lipinski definition) is 3. The topological polar surface area (TPSA) is 75.4 Å². The Morgan fingerprint density at radius 1 is 1.45 bits per heavy atom. The van der Waals surface area contributed by atoms with Crippen molar-refractivity contribution in [1.82, 2.24) is 14.7 Å². The molecule has 1 aliphatic rings. The Morgan fingerprint density at radius 2 is 2.14 bits per heavy atom. The molecule has 1 atom stereocenters. The normalized spacial score (nSPS) is 21.6. The highest BCUT2D eigenvalue weighted by atomic mass is 16.4. The van der Waals surface area contributed by atoms with Crippen LogP contribution in [0.1, 0.15) is 50.2 Å². The fourth-order valence-corrected chi connectivity index (χ4v) is 2.94. The van der Waals surface area contributed by atoms with Gasteiger partial charge in [-0.2, -0.15) is 5.10 Å². The smallest absolute Gasteiger partial charge is 0.311 e. The predicted octanol–water partition coefficient (Wildman–Crippen LogP) is 2.04. The highest BCUT2D eigenvalue weighted by molar-refractivity contribution is 5.96. The van der Waals surface area contributed by atoms with Gasteiger partial charge in [-0.05, 0) is 25.7 Å². The van der Waals surface area contributed by atoms with Crippen LogP contribution < -0.4 is 0 Å². The monoisotopic (exact) mass is 307 g/mol. The fourth-order valence-electron chi connectivity index (χ4n) is 2.94. The van der Waals surface area contributed by atoms with Gasteiger partial charge in [0.15, 0.2) is 0 Å². The van der Waals surface area contributed by atoms with Gasteiger partial charge in [0.1, 0.15) is 0 Å². The molecule has 0 spiro atoms. The minimum absolute atomic E-state index is 0.100. The highest BCUT2D eigenvalue weighted by Crippen LogP contribution is 2.31. The summed E-state index contributed by atoms with van der Waals surface area (Å²) in [4.78, 5) is 25.7. The molecule has 1 aromatic rings. The van der Waals surface area contributed by atoms with E-state index in [4.69, 9.17) is 0 Å². The van der Waals surface area contributed by atoms with Crippen molar-refractivity contribution in [1.29, 1.82) is 0 Å². The summed E-state index contributed by atoms with van der Waals surface area (Å²) in [5.74, 6) is -0.485. The molecule has 6 nitrogen and oxygen atoms in total. The Kier molecular flexibility index (Phi) is 4.58. The number of carbonyl (C=O) groups is 2. The number of likely N-dealkylation sites (tertiary alicyclic amines) is 1. The molecule has 1 amide bonds. The summed E-state index contributed by atoms with van der Waals surface area (Å²) in [6, 6.07) is 0. The van der Waals surface area contributed by atoms with Gasteiger partial charge in [-0.1, -0.05) is 20.8 Å². The summed E-state index contributed by atoms with van der Waals surface area (Å²) in [5.41, 5.74) is 0.705. The van der Waals surface area contributed by atoms with E-state index >= 15 is 0 Å². The summed E-state index contributed by atoms with van der Waals surface area (Å²) < 4.78 is 1.89. The van der Waals surface area contributed by atoms with Gasteiger partial charge >= 0.3 is 5.97 Å². The Balaban J connectivity index is 2.20. The average molecular weight is 307 g/mol. The zero-order valence-corrected chi connectivity index (χ0v) is 13.8. The summed E-state index contributed by atoms with van der Waals surface area (Å²) in [7, 11) is 0. The van der Waals surface area contributed by atoms with Gasteiger partial charge in [-0.15, -0.1) is 0 Å². The first kappa shape index (κ1) is 16.5. The Hall–Kier alpha value is -1.85. The molecule has 1 aromatic heterocycles. The number of rotatable bonds is 5. The van der Waals surface area contributed by atoms with Crippen LogP contribution in [0.4, 0.5) is 0 Å². The molecular weight excluding hydrogens is 282 g/mol. The first-order valence-corrected chi connectivity index (χ1v) is 7.86. The van der Waals surface area contributed by atoms with Crippen molar-refractivity contribution in [2.75, 3.05) is 13.1 Å². The number of carboxylic acid groups (broad SMARTS) is 1. The van der Waals surface area contributed by atoms with Crippen molar-refractivity contribution in [3.05, 3.63) is 17.5 Å². The van der Waals surface area contributed by atoms with Crippen LogP contribution >= 0.6 is 0 Å². The lowest BCUT2D eigenvalue weighted by Gasteiger charge is -2.20. The van der Waals surface area contributed by atoms with Crippen LogP contribution in [-0.2, 0) is 17.8 Å². The van der Waals surface area contributed by atoms with Crippen LogP contribution in [0, 0.1) is 11.3 Å². The number of carbonyl (C=O) groups excluding carboxylic acids is 1. The predicted molar refractivity (Wildman–Crippen MR) is 82.7 cm³/mol. The number of hydrogen-bond donors (Lipinski definition) is 1. The van der Waals surface area contributed by atoms with E-state index in [1.807, 2.05) is 11.6 Å². The van der Waals surface area contributed by atoms with Crippen LogP contribution in [0.3, 0.4) is 0 Å². The van der Waals surface area contributed by atoms with E-state index in [2.05, 4.69) is 18.9 Å². The van der Waals surface area contributed by atoms with Gasteiger partial charge in [0.25, 0.3) is 5.91 Å². The molecule has 0 aromatic carbocycles. The van der Waals surface area contributed by atoms with Crippen molar-refractivity contribution in [3.8, 4) is 0 Å². The van der Waals surface area contributed by atoms with E-state index in [-0.39, 0.29) is 12.5 Å². The molecule has 1 aliphatic heterocycles. The minimum atomic E-state index is -0.839. The number of nitrogens with zero attached hydrogens (tertiary/aromatic N) is 3. The van der Waals surface area contributed by atoms with Crippen molar-refractivity contribution in [2.45, 2.75) is 47.1 Å². The Bertz CT molecular complexity index is 579. The molecule has 1 N–H and O–H groups in total. The summed E-state index contributed by atoms with van der Waals surface area (Å²) in [5, 5.41) is 13.6. The van der Waals surface area contributed by atoms with E-state index < -0.39 is 11.4 Å². The number of carboxylic acids is 1. The molecule has 2 heterocycles. The molecule has 0 aliphatic carbocycles. The molecule has 2 rings (SSSR count). The summed E-state index contributed by atoms with van der Waals surface area (Å²) in [6.45, 7) is 9.47. The zero-order chi connectivity index (χ0) is 16.5. The van der Waals surface area contributed by atoms with Gasteiger partial charge in [0.2, 0.25) is 0 Å². The third kappa shape index (κ3) is 3.00. The second-order valence-corrected chi connectivity index (χ2v) is 6.78. The molecule has 1 saturated heterocycles. The number of aromatic nitrogens is 2. The van der Waals surface area contributed by atoms with E-state index in [0.717, 1.165) is 18.7 Å². The van der Waals surface area contributed by atoms with Crippen molar-refractivity contribution >= 4 is 11.9 Å². The van der Waals surface area contributed by atoms with Gasteiger partial charge in [-0.3, -0.25) is 14.3 Å². The highest BCUT2D eigenvalue weighted by Gasteiger charge is 2.42. The molecular formula is C16H25N3O3. The Morgan fingerprint density at radius 3 is 2.64 bits per heavy atom. The fraction of sp³-hybridized carbons (Fsp3) is 0.688. The molecule has 0 saturated carbocycles. The van der Waals surface area contributed by atoms with Gasteiger partial charge < -0.3 is 10.0 Å². The maximum Gasteiger partial charge on any atom is 0.311 e. The molecule has 0 radical (unpaired) electrons. The molecule has 0 bridgehead atoms. The summed E-state index contributed by atoms with van der Waals surface area (Å²) >= 11 is 0. The molecule has 122 valence electrons. The number of amides is 1. The zero-order valence-electron chi connectivity index (χ0n) is 13.8. The van der Waals surface area contributed by atoms with Crippen molar-refractivity contribution in [2.24, 2.45) is 11.3 Å². The van der Waals surface area contributed by atoms with Crippen LogP contribution in [0.2, 0.25) is 0 Å². The standard InChI is InChI=1S/C16H25N3O3/c1-5-13-12(8-17-19(13)9-11(2)3)14(20)18-7-6-16(4,10-18)15(21)22/h8,11H,5-7,9-10H2,1-4H3,(H,21,22). The van der Waals surface area contributed by atoms with E-state index in [9.17, 15) is 14.7 Å². The largest absolute Gasteiger partial charge is 0.481 e. The van der Waals surface area contributed by atoms with E-state index in [1.54, 1.807) is 18.0 Å². The van der Waals surface area contributed by atoms with Gasteiger partial charge in [0.05, 0.1) is 22.9 Å². The van der Waals surface area contributed by atoms with Crippen LogP contribution in [0.5, 0.6) is 0 Å². The number of aliphatic carboxylic acids is 1. The summed E-state index contributed by atoms with van der Waals surface area (Å²) in [6.07, 6.45) is 2.85. The molecule has 6 heteroatoms. The maximum atomic E-state index is 12.7. The lowest BCUT2D eigenvalue weighted by Crippen LogP contribution is -2.35. The maximum absolute atomic E-state index is 12.7. The lowest BCUT2D eigenvalue weighted by molar-refractivity contribution is -0.147. The quantitative estimate of drug-likeness (QED) is 0.903. The van der Waals surface area contributed by atoms with Crippen LogP contribution in [-0.4, -0.2) is 44.8 Å². The second kappa shape index (κ2) is 6.10. The second-order valence-electron chi connectivity index (χ2n) is 6.78. The molecule has 22 heavy (non-hydrogen) atoms. The first-order valence-electron chi connectivity index (χ1n) is 7.86. The average Bonchev–Trinajstić information content (AvgIpc) is 3.02. The third-order valence-electron chi connectivity index (χ3n) is 4.33. The van der Waals surface area contributed by atoms with Crippen molar-refractivity contribution in [3.63, 3.8) is 0 Å². The van der Waals surface area contributed by atoms with Crippen LogP contribution in [0.15, 0.2) is 6.20 Å². The first-order chi connectivity index (χ1) is 10.3. The SMILES string of the molecule is CCc1c(C(=O)N2CCC(C)(C(=O)O)C2)cnn1CC(C)C. The Labute approximate surface area is 131 Å². The van der Waals surface area contributed by atoms with Gasteiger partial charge in [-0.25, -0.2) is 0 Å². The van der Waals surface area contributed by atoms with E-state index in [1.165, 1.54) is 0 Å². The van der Waals surface area contributed by atoms with Crippen molar-refractivity contribution < 1.29 is 14.7 Å². The van der Waals surface area contributed by atoms with E-state index in [0.29, 0.717) is 24.4 Å². The molecule has 1 unspecified atom stereocenters. The molecule has 1 fully saturated rings.